The molecule has 0 aliphatic rings. The summed E-state index contributed by atoms with van der Waals surface area (Å²) >= 11 is 3.01. The number of aryl methyl sites for hydroxylation is 1. The van der Waals surface area contributed by atoms with Crippen LogP contribution < -0.4 is 5.73 Å². The van der Waals surface area contributed by atoms with E-state index in [0.29, 0.717) is 6.54 Å². The number of thiazole rings is 1. The van der Waals surface area contributed by atoms with Gasteiger partial charge in [-0.3, -0.25) is 4.68 Å². The molecule has 0 atom stereocenters. The van der Waals surface area contributed by atoms with Gasteiger partial charge >= 0.3 is 0 Å². The Hall–Kier alpha value is -1.70. The van der Waals surface area contributed by atoms with Gasteiger partial charge in [-0.2, -0.15) is 5.10 Å². The molecule has 0 aliphatic carbocycles. The number of nitrogens with two attached hydrogens (primary N) is 1. The molecule has 0 bridgehead atoms. The van der Waals surface area contributed by atoms with Crippen molar-refractivity contribution in [3.63, 3.8) is 0 Å². The summed E-state index contributed by atoms with van der Waals surface area (Å²) in [6, 6.07) is 4.98. The Morgan fingerprint density at radius 2 is 2.14 bits per heavy atom. The highest BCUT2D eigenvalue weighted by Crippen LogP contribution is 2.34. The van der Waals surface area contributed by atoms with Crippen LogP contribution in [0.2, 0.25) is 0 Å². The van der Waals surface area contributed by atoms with Crippen molar-refractivity contribution < 1.29 is 4.39 Å². The SMILES string of the molecule is Cn1cc(-c2cc(F)cc(Sc3cnc(CN)s3)c2)cn1. The van der Waals surface area contributed by atoms with Gasteiger partial charge in [-0.05, 0) is 23.8 Å². The maximum atomic E-state index is 13.8. The number of benzene rings is 1. The van der Waals surface area contributed by atoms with Gasteiger partial charge in [0.2, 0.25) is 0 Å². The second kappa shape index (κ2) is 5.97. The zero-order valence-corrected chi connectivity index (χ0v) is 12.9. The van der Waals surface area contributed by atoms with Gasteiger partial charge < -0.3 is 5.73 Å². The van der Waals surface area contributed by atoms with Gasteiger partial charge in [0, 0.05) is 30.2 Å². The number of aromatic nitrogens is 3. The average molecular weight is 320 g/mol. The molecule has 0 saturated heterocycles. The number of halogens is 1. The van der Waals surface area contributed by atoms with Gasteiger partial charge in [0.25, 0.3) is 0 Å². The van der Waals surface area contributed by atoms with Crippen molar-refractivity contribution >= 4 is 23.1 Å². The van der Waals surface area contributed by atoms with Crippen LogP contribution in [0.3, 0.4) is 0 Å². The van der Waals surface area contributed by atoms with E-state index < -0.39 is 0 Å². The number of hydrogen-bond donors (Lipinski definition) is 1. The van der Waals surface area contributed by atoms with Gasteiger partial charge in [0.1, 0.15) is 10.8 Å². The first-order valence-electron chi connectivity index (χ1n) is 6.26. The molecular weight excluding hydrogens is 307 g/mol. The topological polar surface area (TPSA) is 56.7 Å². The Balaban J connectivity index is 1.90. The van der Waals surface area contributed by atoms with E-state index in [2.05, 4.69) is 10.1 Å². The fourth-order valence-corrected chi connectivity index (χ4v) is 3.88. The van der Waals surface area contributed by atoms with E-state index in [1.807, 2.05) is 19.3 Å². The van der Waals surface area contributed by atoms with Crippen LogP contribution >= 0.6 is 23.1 Å². The number of hydrogen-bond acceptors (Lipinski definition) is 5. The van der Waals surface area contributed by atoms with E-state index in [-0.39, 0.29) is 5.82 Å². The summed E-state index contributed by atoms with van der Waals surface area (Å²) in [6.07, 6.45) is 5.36. The monoisotopic (exact) mass is 320 g/mol. The predicted molar refractivity (Wildman–Crippen MR) is 82.7 cm³/mol. The third kappa shape index (κ3) is 3.31. The zero-order chi connectivity index (χ0) is 14.8. The predicted octanol–water partition coefficient (Wildman–Crippen LogP) is 3.29. The Morgan fingerprint density at radius 1 is 1.29 bits per heavy atom. The quantitative estimate of drug-likeness (QED) is 0.801. The molecular formula is C14H13FN4S2. The lowest BCUT2D eigenvalue weighted by Gasteiger charge is -2.03. The molecule has 2 heterocycles. The highest BCUT2D eigenvalue weighted by atomic mass is 32.2. The number of nitrogens with zero attached hydrogens (tertiary/aromatic N) is 3. The van der Waals surface area contributed by atoms with Crippen LogP contribution in [0, 0.1) is 5.82 Å². The highest BCUT2D eigenvalue weighted by Gasteiger charge is 2.08. The van der Waals surface area contributed by atoms with Gasteiger partial charge in [-0.1, -0.05) is 11.8 Å². The average Bonchev–Trinajstić information content (AvgIpc) is 3.07. The van der Waals surface area contributed by atoms with Crippen LogP contribution in [0.15, 0.2) is 45.9 Å². The van der Waals surface area contributed by atoms with E-state index in [9.17, 15) is 4.39 Å². The molecule has 0 amide bonds. The van der Waals surface area contributed by atoms with Crippen LogP contribution in [-0.4, -0.2) is 14.8 Å². The second-order valence-electron chi connectivity index (χ2n) is 4.46. The van der Waals surface area contributed by atoms with Crippen molar-refractivity contribution in [1.29, 1.82) is 0 Å². The molecule has 2 N–H and O–H groups in total. The van der Waals surface area contributed by atoms with Gasteiger partial charge in [-0.25, -0.2) is 9.37 Å². The summed E-state index contributed by atoms with van der Waals surface area (Å²) in [5.41, 5.74) is 7.26. The minimum atomic E-state index is -0.262. The summed E-state index contributed by atoms with van der Waals surface area (Å²) in [5, 5.41) is 4.99. The molecule has 0 radical (unpaired) electrons. The largest absolute Gasteiger partial charge is 0.325 e. The van der Waals surface area contributed by atoms with E-state index >= 15 is 0 Å². The van der Waals surface area contributed by atoms with Gasteiger partial charge in [-0.15, -0.1) is 11.3 Å². The van der Waals surface area contributed by atoms with Crippen LogP contribution in [0.1, 0.15) is 5.01 Å². The smallest absolute Gasteiger partial charge is 0.124 e. The Morgan fingerprint density at radius 3 is 2.81 bits per heavy atom. The summed E-state index contributed by atoms with van der Waals surface area (Å²) in [6.45, 7) is 0.426. The molecule has 7 heteroatoms. The highest BCUT2D eigenvalue weighted by molar-refractivity contribution is 8.01. The third-order valence-corrected chi connectivity index (χ3v) is 4.93. The lowest BCUT2D eigenvalue weighted by Crippen LogP contribution is -1.93. The minimum Gasteiger partial charge on any atom is -0.325 e. The lowest BCUT2D eigenvalue weighted by atomic mass is 10.1. The molecule has 3 aromatic rings. The van der Waals surface area contributed by atoms with Crippen LogP contribution in [0.5, 0.6) is 0 Å². The first-order valence-corrected chi connectivity index (χ1v) is 7.89. The molecule has 0 aliphatic heterocycles. The van der Waals surface area contributed by atoms with Crippen molar-refractivity contribution in [3.8, 4) is 11.1 Å². The van der Waals surface area contributed by atoms with Gasteiger partial charge in [0.15, 0.2) is 0 Å². The standard InChI is InChI=1S/C14H13FN4S2/c1-19-8-10(6-18-19)9-2-11(15)4-12(3-9)20-14-7-17-13(5-16)21-14/h2-4,6-8H,5,16H2,1H3. The lowest BCUT2D eigenvalue weighted by molar-refractivity contribution is 0.625. The Bertz CT molecular complexity index is 766. The van der Waals surface area contributed by atoms with Crippen molar-refractivity contribution in [2.75, 3.05) is 0 Å². The Labute approximate surface area is 129 Å². The van der Waals surface area contributed by atoms with Crippen molar-refractivity contribution in [1.82, 2.24) is 14.8 Å². The van der Waals surface area contributed by atoms with Crippen LogP contribution in [0.4, 0.5) is 4.39 Å². The summed E-state index contributed by atoms with van der Waals surface area (Å²) in [5.74, 6) is -0.262. The number of rotatable bonds is 4. The molecule has 108 valence electrons. The van der Waals surface area contributed by atoms with Crippen molar-refractivity contribution in [3.05, 3.63) is 47.6 Å². The molecule has 2 aromatic heterocycles. The molecule has 3 rings (SSSR count). The maximum Gasteiger partial charge on any atom is 0.124 e. The summed E-state index contributed by atoms with van der Waals surface area (Å²) < 4.78 is 16.5. The van der Waals surface area contributed by atoms with E-state index in [1.54, 1.807) is 17.1 Å². The fraction of sp³-hybridized carbons (Fsp3) is 0.143. The van der Waals surface area contributed by atoms with Crippen molar-refractivity contribution in [2.45, 2.75) is 15.6 Å². The van der Waals surface area contributed by atoms with E-state index in [1.165, 1.54) is 35.2 Å². The Kier molecular flexibility index (Phi) is 4.05. The second-order valence-corrected chi connectivity index (χ2v) is 6.95. The molecule has 0 fully saturated rings. The van der Waals surface area contributed by atoms with E-state index in [4.69, 9.17) is 5.73 Å². The van der Waals surface area contributed by atoms with Gasteiger partial charge in [0.05, 0.1) is 16.6 Å². The first-order chi connectivity index (χ1) is 10.1. The van der Waals surface area contributed by atoms with Crippen molar-refractivity contribution in [2.24, 2.45) is 12.8 Å². The normalized spacial score (nSPS) is 11.0. The molecule has 0 saturated carbocycles. The minimum absolute atomic E-state index is 0.262. The fourth-order valence-electron chi connectivity index (χ4n) is 1.91. The molecule has 1 aromatic carbocycles. The zero-order valence-electron chi connectivity index (χ0n) is 11.3. The van der Waals surface area contributed by atoms with E-state index in [0.717, 1.165) is 25.2 Å². The summed E-state index contributed by atoms with van der Waals surface area (Å²) in [7, 11) is 1.84. The van der Waals surface area contributed by atoms with Crippen LogP contribution in [0.25, 0.3) is 11.1 Å². The molecule has 0 unspecified atom stereocenters. The molecule has 21 heavy (non-hydrogen) atoms. The summed E-state index contributed by atoms with van der Waals surface area (Å²) in [4.78, 5) is 5.04. The van der Waals surface area contributed by atoms with Crippen LogP contribution in [-0.2, 0) is 13.6 Å². The molecule has 0 spiro atoms. The first kappa shape index (κ1) is 14.2. The maximum absolute atomic E-state index is 13.8. The third-order valence-electron chi connectivity index (χ3n) is 2.83. The molecule has 4 nitrogen and oxygen atoms in total.